The molecule has 0 aliphatic carbocycles. The van der Waals surface area contributed by atoms with Crippen molar-refractivity contribution < 1.29 is 0 Å². The lowest BCUT2D eigenvalue weighted by Crippen LogP contribution is -2.28. The number of anilines is 3. The van der Waals surface area contributed by atoms with Gasteiger partial charge in [-0.3, -0.25) is 4.98 Å². The Balaban J connectivity index is 1.86. The standard InChI is InChI=1S/C21H27N5/c1-5-25-14(2)9-18-7-6-8-26(18)20-10-16(12-24-21(20)25)19-11-17(22-4)13-23-15(19)3/h10-13,18,22H,2,5-9H2,1,3-4H3. The Hall–Kier alpha value is -2.56. The monoisotopic (exact) mass is 349 g/mol. The second-order valence-electron chi connectivity index (χ2n) is 7.18. The zero-order valence-corrected chi connectivity index (χ0v) is 15.9. The predicted octanol–water partition coefficient (Wildman–Crippen LogP) is 4.21. The van der Waals surface area contributed by atoms with Crippen LogP contribution in [-0.4, -0.2) is 36.1 Å². The average molecular weight is 349 g/mol. The van der Waals surface area contributed by atoms with E-state index in [9.17, 15) is 0 Å². The van der Waals surface area contributed by atoms with Gasteiger partial charge >= 0.3 is 0 Å². The van der Waals surface area contributed by atoms with Gasteiger partial charge in [0.25, 0.3) is 0 Å². The van der Waals surface area contributed by atoms with Gasteiger partial charge in [-0.25, -0.2) is 4.98 Å². The molecule has 0 radical (unpaired) electrons. The molecule has 1 fully saturated rings. The van der Waals surface area contributed by atoms with Crippen LogP contribution in [0.25, 0.3) is 11.1 Å². The molecule has 5 heteroatoms. The number of nitrogens with zero attached hydrogens (tertiary/aromatic N) is 4. The molecule has 0 saturated carbocycles. The third-order valence-electron chi connectivity index (χ3n) is 5.65. The van der Waals surface area contributed by atoms with Gasteiger partial charge in [0, 0.05) is 61.3 Å². The number of rotatable bonds is 3. The number of hydrogen-bond acceptors (Lipinski definition) is 5. The molecule has 0 bridgehead atoms. The largest absolute Gasteiger partial charge is 0.387 e. The molecule has 26 heavy (non-hydrogen) atoms. The minimum Gasteiger partial charge on any atom is -0.387 e. The fourth-order valence-corrected chi connectivity index (χ4v) is 4.25. The van der Waals surface area contributed by atoms with Crippen molar-refractivity contribution >= 4 is 17.2 Å². The Kier molecular flexibility index (Phi) is 4.31. The summed E-state index contributed by atoms with van der Waals surface area (Å²) in [6.45, 7) is 10.6. The van der Waals surface area contributed by atoms with Crippen LogP contribution in [0.5, 0.6) is 0 Å². The van der Waals surface area contributed by atoms with Gasteiger partial charge in [0.2, 0.25) is 0 Å². The van der Waals surface area contributed by atoms with Crippen LogP contribution in [0.2, 0.25) is 0 Å². The van der Waals surface area contributed by atoms with Gasteiger partial charge in [0.15, 0.2) is 5.82 Å². The molecular formula is C21H27N5. The number of nitrogens with one attached hydrogen (secondary N) is 1. The number of fused-ring (bicyclic) bond motifs is 3. The second-order valence-corrected chi connectivity index (χ2v) is 7.18. The van der Waals surface area contributed by atoms with Gasteiger partial charge < -0.3 is 15.1 Å². The molecular weight excluding hydrogens is 322 g/mol. The molecule has 1 unspecified atom stereocenters. The van der Waals surface area contributed by atoms with E-state index in [0.717, 1.165) is 47.8 Å². The summed E-state index contributed by atoms with van der Waals surface area (Å²) in [6.07, 6.45) is 7.35. The Morgan fingerprint density at radius 1 is 1.27 bits per heavy atom. The number of pyridine rings is 2. The first-order valence-corrected chi connectivity index (χ1v) is 9.49. The Labute approximate surface area is 155 Å². The molecule has 2 aliphatic rings. The van der Waals surface area contributed by atoms with Gasteiger partial charge in [0.05, 0.1) is 17.6 Å². The summed E-state index contributed by atoms with van der Waals surface area (Å²) in [5, 5.41) is 3.18. The summed E-state index contributed by atoms with van der Waals surface area (Å²) in [6, 6.07) is 4.99. The number of aryl methyl sites for hydroxylation is 1. The zero-order valence-electron chi connectivity index (χ0n) is 15.9. The first-order chi connectivity index (χ1) is 12.6. The van der Waals surface area contributed by atoms with Gasteiger partial charge in [-0.1, -0.05) is 6.58 Å². The molecule has 1 N–H and O–H groups in total. The highest BCUT2D eigenvalue weighted by Gasteiger charge is 2.33. The minimum absolute atomic E-state index is 0.540. The van der Waals surface area contributed by atoms with Crippen molar-refractivity contribution in [2.75, 3.05) is 35.3 Å². The molecule has 4 heterocycles. The molecule has 136 valence electrons. The van der Waals surface area contributed by atoms with Gasteiger partial charge in [-0.2, -0.15) is 0 Å². The summed E-state index contributed by atoms with van der Waals surface area (Å²) >= 11 is 0. The quantitative estimate of drug-likeness (QED) is 0.899. The molecule has 0 spiro atoms. The maximum atomic E-state index is 4.89. The predicted molar refractivity (Wildman–Crippen MR) is 109 cm³/mol. The Bertz CT molecular complexity index is 844. The zero-order chi connectivity index (χ0) is 18.3. The van der Waals surface area contributed by atoms with E-state index < -0.39 is 0 Å². The molecule has 0 amide bonds. The topological polar surface area (TPSA) is 44.3 Å². The molecule has 2 aromatic rings. The number of aromatic nitrogens is 2. The Morgan fingerprint density at radius 3 is 2.88 bits per heavy atom. The van der Waals surface area contributed by atoms with E-state index in [1.165, 1.54) is 24.2 Å². The highest BCUT2D eigenvalue weighted by Crippen LogP contribution is 2.42. The summed E-state index contributed by atoms with van der Waals surface area (Å²) < 4.78 is 0. The van der Waals surface area contributed by atoms with Crippen molar-refractivity contribution in [3.05, 3.63) is 42.5 Å². The van der Waals surface area contributed by atoms with E-state index in [0.29, 0.717) is 6.04 Å². The highest BCUT2D eigenvalue weighted by molar-refractivity contribution is 5.79. The molecule has 1 atom stereocenters. The second kappa shape index (κ2) is 6.63. The van der Waals surface area contributed by atoms with Gasteiger partial charge in [-0.05, 0) is 38.8 Å². The van der Waals surface area contributed by atoms with Crippen LogP contribution in [0.4, 0.5) is 17.2 Å². The van der Waals surface area contributed by atoms with E-state index in [1.807, 2.05) is 19.4 Å². The lowest BCUT2D eigenvalue weighted by atomic mass is 10.0. The fourth-order valence-electron chi connectivity index (χ4n) is 4.25. The smallest absolute Gasteiger partial charge is 0.156 e. The van der Waals surface area contributed by atoms with E-state index in [-0.39, 0.29) is 0 Å². The van der Waals surface area contributed by atoms with Crippen molar-refractivity contribution in [2.24, 2.45) is 0 Å². The summed E-state index contributed by atoms with van der Waals surface area (Å²) in [7, 11) is 1.92. The molecule has 1 saturated heterocycles. The average Bonchev–Trinajstić information content (AvgIpc) is 3.07. The summed E-state index contributed by atoms with van der Waals surface area (Å²) in [5.74, 6) is 1.04. The van der Waals surface area contributed by atoms with Crippen molar-refractivity contribution in [3.63, 3.8) is 0 Å². The number of hydrogen-bond donors (Lipinski definition) is 1. The summed E-state index contributed by atoms with van der Waals surface area (Å²) in [4.78, 5) is 14.2. The minimum atomic E-state index is 0.540. The lowest BCUT2D eigenvalue weighted by molar-refractivity contribution is 0.658. The van der Waals surface area contributed by atoms with Crippen molar-refractivity contribution in [1.29, 1.82) is 0 Å². The first kappa shape index (κ1) is 16.9. The van der Waals surface area contributed by atoms with E-state index >= 15 is 0 Å². The SMILES string of the molecule is C=C1CC2CCCN2c2cc(-c3cc(NC)cnc3C)cnc2N1CC. The fraction of sp³-hybridized carbons (Fsp3) is 0.429. The van der Waals surface area contributed by atoms with Crippen molar-refractivity contribution in [3.8, 4) is 11.1 Å². The highest BCUT2D eigenvalue weighted by atomic mass is 15.3. The first-order valence-electron chi connectivity index (χ1n) is 9.49. The molecule has 4 rings (SSSR count). The normalized spacial score (nSPS) is 19.2. The third-order valence-corrected chi connectivity index (χ3v) is 5.65. The van der Waals surface area contributed by atoms with E-state index in [2.05, 4.69) is 52.7 Å². The van der Waals surface area contributed by atoms with E-state index in [4.69, 9.17) is 4.98 Å². The molecule has 0 aromatic carbocycles. The summed E-state index contributed by atoms with van der Waals surface area (Å²) in [5.41, 5.74) is 6.71. The van der Waals surface area contributed by atoms with Crippen molar-refractivity contribution in [2.45, 2.75) is 39.2 Å². The maximum absolute atomic E-state index is 4.89. The van der Waals surface area contributed by atoms with Crippen LogP contribution in [0.15, 0.2) is 36.8 Å². The molecule has 2 aliphatic heterocycles. The molecule has 5 nitrogen and oxygen atoms in total. The van der Waals surface area contributed by atoms with Crippen LogP contribution in [0.3, 0.4) is 0 Å². The van der Waals surface area contributed by atoms with Crippen molar-refractivity contribution in [1.82, 2.24) is 9.97 Å². The van der Waals surface area contributed by atoms with Crippen LogP contribution in [0, 0.1) is 6.92 Å². The van der Waals surface area contributed by atoms with Crippen LogP contribution in [0.1, 0.15) is 31.9 Å². The van der Waals surface area contributed by atoms with Gasteiger partial charge in [-0.15, -0.1) is 0 Å². The molecule has 2 aromatic heterocycles. The van der Waals surface area contributed by atoms with Crippen LogP contribution >= 0.6 is 0 Å². The Morgan fingerprint density at radius 2 is 2.12 bits per heavy atom. The third kappa shape index (κ3) is 2.71. The van der Waals surface area contributed by atoms with Crippen LogP contribution in [-0.2, 0) is 0 Å². The van der Waals surface area contributed by atoms with E-state index in [1.54, 1.807) is 0 Å². The van der Waals surface area contributed by atoms with Crippen LogP contribution < -0.4 is 15.1 Å². The lowest BCUT2D eigenvalue weighted by Gasteiger charge is -2.26. The van der Waals surface area contributed by atoms with Gasteiger partial charge in [0.1, 0.15) is 0 Å². The maximum Gasteiger partial charge on any atom is 0.156 e.